The first-order valence-electron chi connectivity index (χ1n) is 5.26. The number of aryl methyl sites for hydroxylation is 1. The van der Waals surface area contributed by atoms with E-state index >= 15 is 0 Å². The summed E-state index contributed by atoms with van der Waals surface area (Å²) in [4.78, 5) is 11.2. The lowest BCUT2D eigenvalue weighted by Gasteiger charge is -2.15. The number of carboxylic acid groups (broad SMARTS) is 1. The van der Waals surface area contributed by atoms with Gasteiger partial charge < -0.3 is 19.7 Å². The maximum atomic E-state index is 11.2. The molecule has 5 heteroatoms. The summed E-state index contributed by atoms with van der Waals surface area (Å²) in [6, 6.07) is 3.35. The second-order valence-electron chi connectivity index (χ2n) is 3.46. The number of ether oxygens (including phenoxy) is 2. The fourth-order valence-corrected chi connectivity index (χ4v) is 1.59. The molecule has 0 bridgehead atoms. The van der Waals surface area contributed by atoms with Crippen LogP contribution in [-0.2, 0) is 17.8 Å². The van der Waals surface area contributed by atoms with Gasteiger partial charge in [0, 0.05) is 7.11 Å². The van der Waals surface area contributed by atoms with Gasteiger partial charge in [-0.1, -0.05) is 19.1 Å². The van der Waals surface area contributed by atoms with E-state index in [0.29, 0.717) is 12.0 Å². The number of benzene rings is 1. The topological polar surface area (TPSA) is 76.0 Å². The van der Waals surface area contributed by atoms with Crippen molar-refractivity contribution in [2.45, 2.75) is 20.0 Å². The van der Waals surface area contributed by atoms with Gasteiger partial charge in [-0.3, -0.25) is 0 Å². The zero-order chi connectivity index (χ0) is 12.8. The van der Waals surface area contributed by atoms with Crippen molar-refractivity contribution < 1.29 is 24.5 Å². The van der Waals surface area contributed by atoms with Crippen LogP contribution in [0.25, 0.3) is 0 Å². The van der Waals surface area contributed by atoms with E-state index in [4.69, 9.17) is 19.7 Å². The number of hydrogen-bond acceptors (Lipinski definition) is 4. The van der Waals surface area contributed by atoms with E-state index in [1.807, 2.05) is 6.92 Å². The number of rotatable bonds is 6. The molecule has 0 radical (unpaired) electrons. The zero-order valence-electron chi connectivity index (χ0n) is 9.90. The molecule has 0 spiro atoms. The van der Waals surface area contributed by atoms with E-state index in [9.17, 15) is 4.79 Å². The van der Waals surface area contributed by atoms with Crippen molar-refractivity contribution in [3.63, 3.8) is 0 Å². The second-order valence-corrected chi connectivity index (χ2v) is 3.46. The number of carboxylic acids is 1. The summed E-state index contributed by atoms with van der Waals surface area (Å²) < 4.78 is 10.1. The SMILES string of the molecule is CCc1ccc(CO)c(C(=O)O)c1OCOC. The van der Waals surface area contributed by atoms with E-state index in [1.165, 1.54) is 7.11 Å². The average Bonchev–Trinajstić information content (AvgIpc) is 2.34. The molecule has 0 amide bonds. The molecule has 0 saturated heterocycles. The minimum atomic E-state index is -1.12. The highest BCUT2D eigenvalue weighted by atomic mass is 16.7. The van der Waals surface area contributed by atoms with Crippen LogP contribution in [0, 0.1) is 0 Å². The predicted molar refractivity (Wildman–Crippen MR) is 61.2 cm³/mol. The lowest BCUT2D eigenvalue weighted by molar-refractivity contribution is 0.0474. The molecule has 0 aliphatic carbocycles. The van der Waals surface area contributed by atoms with Crippen LogP contribution >= 0.6 is 0 Å². The standard InChI is InChI=1S/C12H16O5/c1-3-8-4-5-9(6-13)10(12(14)15)11(8)17-7-16-2/h4-5,13H,3,6-7H2,1-2H3,(H,14,15). The highest BCUT2D eigenvalue weighted by molar-refractivity contribution is 5.93. The summed E-state index contributed by atoms with van der Waals surface area (Å²) in [5.74, 6) is -0.844. The molecule has 0 heterocycles. The fraction of sp³-hybridized carbons (Fsp3) is 0.417. The third kappa shape index (κ3) is 2.95. The van der Waals surface area contributed by atoms with Gasteiger partial charge in [0.1, 0.15) is 11.3 Å². The lowest BCUT2D eigenvalue weighted by Crippen LogP contribution is -2.11. The van der Waals surface area contributed by atoms with Crippen molar-refractivity contribution in [1.82, 2.24) is 0 Å². The van der Waals surface area contributed by atoms with E-state index in [-0.39, 0.29) is 24.7 Å². The largest absolute Gasteiger partial charge is 0.478 e. The Kier molecular flexibility index (Phi) is 4.93. The van der Waals surface area contributed by atoms with E-state index in [1.54, 1.807) is 12.1 Å². The van der Waals surface area contributed by atoms with Crippen molar-refractivity contribution >= 4 is 5.97 Å². The van der Waals surface area contributed by atoms with Crippen LogP contribution in [0.3, 0.4) is 0 Å². The summed E-state index contributed by atoms with van der Waals surface area (Å²) in [7, 11) is 1.46. The molecule has 0 fully saturated rings. The Hall–Kier alpha value is -1.59. The summed E-state index contributed by atoms with van der Waals surface area (Å²) in [5.41, 5.74) is 1.11. The van der Waals surface area contributed by atoms with Gasteiger partial charge in [-0.2, -0.15) is 0 Å². The molecular formula is C12H16O5. The Balaban J connectivity index is 3.30. The number of hydrogen-bond donors (Lipinski definition) is 2. The Morgan fingerprint density at radius 1 is 1.35 bits per heavy atom. The quantitative estimate of drug-likeness (QED) is 0.735. The van der Waals surface area contributed by atoms with E-state index < -0.39 is 5.97 Å². The molecule has 5 nitrogen and oxygen atoms in total. The molecule has 1 rings (SSSR count). The molecule has 0 saturated carbocycles. The molecule has 0 unspecified atom stereocenters. The number of aliphatic hydroxyl groups excluding tert-OH is 1. The average molecular weight is 240 g/mol. The Morgan fingerprint density at radius 2 is 2.00 bits per heavy atom. The molecule has 0 atom stereocenters. The maximum Gasteiger partial charge on any atom is 0.339 e. The zero-order valence-corrected chi connectivity index (χ0v) is 9.90. The first kappa shape index (κ1) is 13.5. The summed E-state index contributed by atoms with van der Waals surface area (Å²) in [6.07, 6.45) is 0.644. The normalized spacial score (nSPS) is 10.3. The van der Waals surface area contributed by atoms with Gasteiger partial charge in [-0.05, 0) is 17.5 Å². The van der Waals surface area contributed by atoms with Crippen LogP contribution in [0.4, 0.5) is 0 Å². The molecule has 1 aromatic carbocycles. The molecule has 2 N–H and O–H groups in total. The highest BCUT2D eigenvalue weighted by Gasteiger charge is 2.19. The first-order chi connectivity index (χ1) is 8.15. The van der Waals surface area contributed by atoms with Crippen LogP contribution in [-0.4, -0.2) is 30.1 Å². The van der Waals surface area contributed by atoms with E-state index in [2.05, 4.69) is 0 Å². The Morgan fingerprint density at radius 3 is 2.47 bits per heavy atom. The molecule has 0 aromatic heterocycles. The lowest BCUT2D eigenvalue weighted by atomic mass is 10.0. The predicted octanol–water partition coefficient (Wildman–Crippen LogP) is 1.42. The number of aromatic carboxylic acids is 1. The van der Waals surface area contributed by atoms with Crippen molar-refractivity contribution in [2.24, 2.45) is 0 Å². The van der Waals surface area contributed by atoms with Crippen LogP contribution < -0.4 is 4.74 Å². The first-order valence-corrected chi connectivity index (χ1v) is 5.26. The van der Waals surface area contributed by atoms with Gasteiger partial charge in [0.15, 0.2) is 6.79 Å². The van der Waals surface area contributed by atoms with Crippen molar-refractivity contribution in [3.05, 3.63) is 28.8 Å². The number of carbonyl (C=O) groups is 1. The monoisotopic (exact) mass is 240 g/mol. The molecule has 0 aliphatic rings. The molecular weight excluding hydrogens is 224 g/mol. The number of methoxy groups -OCH3 is 1. The summed E-state index contributed by atoms with van der Waals surface area (Å²) in [5, 5.41) is 18.3. The van der Waals surface area contributed by atoms with E-state index in [0.717, 1.165) is 5.56 Å². The fourth-order valence-electron chi connectivity index (χ4n) is 1.59. The second kappa shape index (κ2) is 6.22. The number of aliphatic hydroxyl groups is 1. The van der Waals surface area contributed by atoms with Crippen molar-refractivity contribution in [3.8, 4) is 5.75 Å². The third-order valence-corrected chi connectivity index (χ3v) is 2.41. The summed E-state index contributed by atoms with van der Waals surface area (Å²) >= 11 is 0. The summed E-state index contributed by atoms with van der Waals surface area (Å²) in [6.45, 7) is 1.54. The van der Waals surface area contributed by atoms with Gasteiger partial charge >= 0.3 is 5.97 Å². The van der Waals surface area contributed by atoms with Crippen LogP contribution in [0.2, 0.25) is 0 Å². The van der Waals surface area contributed by atoms with Crippen molar-refractivity contribution in [1.29, 1.82) is 0 Å². The molecule has 0 aliphatic heterocycles. The molecule has 17 heavy (non-hydrogen) atoms. The molecule has 94 valence electrons. The Bertz CT molecular complexity index is 400. The van der Waals surface area contributed by atoms with Crippen molar-refractivity contribution in [2.75, 3.05) is 13.9 Å². The van der Waals surface area contributed by atoms with Gasteiger partial charge in [-0.15, -0.1) is 0 Å². The van der Waals surface area contributed by atoms with Crippen LogP contribution in [0.5, 0.6) is 5.75 Å². The van der Waals surface area contributed by atoms with Crippen LogP contribution in [0.1, 0.15) is 28.4 Å². The molecule has 1 aromatic rings. The smallest absolute Gasteiger partial charge is 0.339 e. The minimum Gasteiger partial charge on any atom is -0.478 e. The minimum absolute atomic E-state index is 0.00361. The Labute approximate surface area is 99.6 Å². The maximum absolute atomic E-state index is 11.2. The third-order valence-electron chi connectivity index (χ3n) is 2.41. The van der Waals surface area contributed by atoms with Gasteiger partial charge in [0.2, 0.25) is 0 Å². The van der Waals surface area contributed by atoms with Gasteiger partial charge in [0.25, 0.3) is 0 Å². The highest BCUT2D eigenvalue weighted by Crippen LogP contribution is 2.28. The van der Waals surface area contributed by atoms with Crippen LogP contribution in [0.15, 0.2) is 12.1 Å². The van der Waals surface area contributed by atoms with Gasteiger partial charge in [-0.25, -0.2) is 4.79 Å². The van der Waals surface area contributed by atoms with Gasteiger partial charge in [0.05, 0.1) is 6.61 Å².